The topological polar surface area (TPSA) is 34.1 Å². The Morgan fingerprint density at radius 1 is 0.870 bits per heavy atom. The average molecular weight is 373 g/mol. The number of alkyl halides is 2. The van der Waals surface area contributed by atoms with Crippen LogP contribution in [0.15, 0.2) is 53.4 Å². The van der Waals surface area contributed by atoms with E-state index in [0.717, 1.165) is 28.5 Å². The minimum absolute atomic E-state index is 0.206. The molecule has 23 heavy (non-hydrogen) atoms. The van der Waals surface area contributed by atoms with Crippen LogP contribution in [0.5, 0.6) is 0 Å². The molecule has 0 saturated heterocycles. The number of hydrogen-bond donors (Lipinski definition) is 0. The van der Waals surface area contributed by atoms with Gasteiger partial charge in [0.25, 0.3) is 0 Å². The number of hydrogen-bond acceptors (Lipinski definition) is 2. The van der Waals surface area contributed by atoms with Gasteiger partial charge in [-0.3, -0.25) is 0 Å². The quantitative estimate of drug-likeness (QED) is 0.566. The summed E-state index contributed by atoms with van der Waals surface area (Å²) >= 11 is 12.1. The highest BCUT2D eigenvalue weighted by atomic mass is 35.5. The van der Waals surface area contributed by atoms with Crippen LogP contribution < -0.4 is 0 Å². The van der Waals surface area contributed by atoms with Crippen LogP contribution in [0.1, 0.15) is 11.1 Å². The lowest BCUT2D eigenvalue weighted by atomic mass is 9.97. The van der Waals surface area contributed by atoms with Crippen molar-refractivity contribution >= 4 is 44.2 Å². The Bertz CT molecular complexity index is 811. The van der Waals surface area contributed by atoms with E-state index in [-0.39, 0.29) is 22.5 Å². The fourth-order valence-corrected chi connectivity index (χ4v) is 3.48. The Labute approximate surface area is 145 Å². The number of allylic oxidation sites excluding steroid dienone is 2. The molecule has 122 valence electrons. The monoisotopic (exact) mass is 372 g/mol. The van der Waals surface area contributed by atoms with Gasteiger partial charge < -0.3 is 0 Å². The van der Waals surface area contributed by atoms with E-state index in [1.54, 1.807) is 24.3 Å². The Balaban J connectivity index is 2.53. The molecule has 0 fully saturated rings. The summed E-state index contributed by atoms with van der Waals surface area (Å²) in [7, 11) is -3.25. The largest absolute Gasteiger partial charge is 0.224 e. The SMILES string of the molecule is CS(=O)(=O)c1ccc(C(CCl)=C(CCl)c2ccc(F)cc2)cc1. The second-order valence-electron chi connectivity index (χ2n) is 5.03. The maximum absolute atomic E-state index is 13.1. The third-order valence-corrected chi connectivity index (χ3v) is 5.12. The van der Waals surface area contributed by atoms with E-state index in [2.05, 4.69) is 0 Å². The molecule has 2 nitrogen and oxygen atoms in total. The predicted octanol–water partition coefficient (Wildman–Crippen LogP) is 4.62. The molecule has 0 amide bonds. The molecule has 0 spiro atoms. The molecular formula is C17H15Cl2FO2S. The highest BCUT2D eigenvalue weighted by Gasteiger charge is 2.12. The lowest BCUT2D eigenvalue weighted by Gasteiger charge is -2.13. The minimum atomic E-state index is -3.25. The summed E-state index contributed by atoms with van der Waals surface area (Å²) < 4.78 is 36.1. The van der Waals surface area contributed by atoms with Crippen LogP contribution in [-0.4, -0.2) is 26.4 Å². The number of benzene rings is 2. The zero-order valence-corrected chi connectivity index (χ0v) is 14.7. The third kappa shape index (κ3) is 4.34. The van der Waals surface area contributed by atoms with E-state index in [4.69, 9.17) is 23.2 Å². The van der Waals surface area contributed by atoms with Gasteiger partial charge in [0, 0.05) is 18.0 Å². The highest BCUT2D eigenvalue weighted by molar-refractivity contribution is 7.90. The number of halogens is 3. The van der Waals surface area contributed by atoms with Gasteiger partial charge in [-0.05, 0) is 46.5 Å². The smallest absolute Gasteiger partial charge is 0.175 e. The van der Waals surface area contributed by atoms with Crippen molar-refractivity contribution in [3.8, 4) is 0 Å². The zero-order valence-electron chi connectivity index (χ0n) is 12.4. The van der Waals surface area contributed by atoms with Gasteiger partial charge in [-0.25, -0.2) is 12.8 Å². The molecule has 0 aliphatic heterocycles. The fraction of sp³-hybridized carbons (Fsp3) is 0.176. The average Bonchev–Trinajstić information content (AvgIpc) is 2.53. The Morgan fingerprint density at radius 2 is 1.26 bits per heavy atom. The zero-order chi connectivity index (χ0) is 17.0. The van der Waals surface area contributed by atoms with E-state index < -0.39 is 9.84 Å². The van der Waals surface area contributed by atoms with Crippen LogP contribution in [0.4, 0.5) is 4.39 Å². The summed E-state index contributed by atoms with van der Waals surface area (Å²) in [4.78, 5) is 0.240. The van der Waals surface area contributed by atoms with Crippen LogP contribution >= 0.6 is 23.2 Å². The predicted molar refractivity (Wildman–Crippen MR) is 94.2 cm³/mol. The molecule has 0 atom stereocenters. The van der Waals surface area contributed by atoms with Crippen molar-refractivity contribution in [2.75, 3.05) is 18.0 Å². The second kappa shape index (κ2) is 7.47. The summed E-state index contributed by atoms with van der Waals surface area (Å²) in [6, 6.07) is 12.5. The molecule has 6 heteroatoms. The first-order chi connectivity index (χ1) is 10.9. The normalized spacial score (nSPS) is 12.9. The summed E-state index contributed by atoms with van der Waals surface area (Å²) in [6.07, 6.45) is 1.16. The van der Waals surface area contributed by atoms with Gasteiger partial charge in [0.15, 0.2) is 9.84 Å². The molecule has 0 bridgehead atoms. The fourth-order valence-electron chi connectivity index (χ4n) is 2.22. The maximum Gasteiger partial charge on any atom is 0.175 e. The van der Waals surface area contributed by atoms with E-state index in [9.17, 15) is 12.8 Å². The van der Waals surface area contributed by atoms with Crippen LogP contribution in [-0.2, 0) is 9.84 Å². The van der Waals surface area contributed by atoms with Crippen molar-refractivity contribution in [1.82, 2.24) is 0 Å². The van der Waals surface area contributed by atoms with Crippen LogP contribution in [0.3, 0.4) is 0 Å². The summed E-state index contributed by atoms with van der Waals surface area (Å²) in [5.74, 6) is 0.0895. The van der Waals surface area contributed by atoms with Crippen molar-refractivity contribution in [3.05, 3.63) is 65.5 Å². The lowest BCUT2D eigenvalue weighted by Crippen LogP contribution is -1.99. The summed E-state index contributed by atoms with van der Waals surface area (Å²) in [5, 5.41) is 0. The Kier molecular flexibility index (Phi) is 5.84. The van der Waals surface area contributed by atoms with Gasteiger partial charge >= 0.3 is 0 Å². The minimum Gasteiger partial charge on any atom is -0.224 e. The highest BCUT2D eigenvalue weighted by Crippen LogP contribution is 2.29. The van der Waals surface area contributed by atoms with Gasteiger partial charge in [-0.15, -0.1) is 23.2 Å². The van der Waals surface area contributed by atoms with Crippen molar-refractivity contribution < 1.29 is 12.8 Å². The first-order valence-corrected chi connectivity index (χ1v) is 9.73. The molecule has 0 N–H and O–H groups in total. The molecule has 0 radical (unpaired) electrons. The van der Waals surface area contributed by atoms with Crippen LogP contribution in [0.2, 0.25) is 0 Å². The Hall–Kier alpha value is -1.36. The number of rotatable bonds is 5. The first kappa shape index (κ1) is 18.0. The van der Waals surface area contributed by atoms with Crippen molar-refractivity contribution in [1.29, 1.82) is 0 Å². The first-order valence-electron chi connectivity index (χ1n) is 6.77. The molecule has 0 unspecified atom stereocenters. The van der Waals surface area contributed by atoms with Crippen molar-refractivity contribution in [2.24, 2.45) is 0 Å². The molecule has 2 rings (SSSR count). The van der Waals surface area contributed by atoms with E-state index in [1.807, 2.05) is 0 Å². The van der Waals surface area contributed by atoms with Crippen LogP contribution in [0.25, 0.3) is 11.1 Å². The molecular weight excluding hydrogens is 358 g/mol. The molecule has 0 saturated carbocycles. The second-order valence-corrected chi connectivity index (χ2v) is 7.58. The molecule has 0 heterocycles. The molecule has 2 aromatic carbocycles. The van der Waals surface area contributed by atoms with Crippen LogP contribution in [0, 0.1) is 5.82 Å². The molecule has 2 aromatic rings. The van der Waals surface area contributed by atoms with Gasteiger partial charge in [0.05, 0.1) is 4.90 Å². The molecule has 0 aliphatic carbocycles. The molecule has 0 aliphatic rings. The van der Waals surface area contributed by atoms with Gasteiger partial charge in [-0.1, -0.05) is 24.3 Å². The van der Waals surface area contributed by atoms with Gasteiger partial charge in [0.1, 0.15) is 5.82 Å². The maximum atomic E-state index is 13.1. The Morgan fingerprint density at radius 3 is 1.61 bits per heavy atom. The van der Waals surface area contributed by atoms with Gasteiger partial charge in [-0.2, -0.15) is 0 Å². The van der Waals surface area contributed by atoms with Crippen molar-refractivity contribution in [3.63, 3.8) is 0 Å². The van der Waals surface area contributed by atoms with E-state index in [1.165, 1.54) is 24.3 Å². The third-order valence-electron chi connectivity index (χ3n) is 3.46. The standard InChI is InChI=1S/C17H15Cl2FO2S/c1-23(21,22)15-8-4-13(5-9-15)17(11-19)16(10-18)12-2-6-14(20)7-3-12/h2-9H,10-11H2,1H3. The van der Waals surface area contributed by atoms with E-state index >= 15 is 0 Å². The van der Waals surface area contributed by atoms with Crippen molar-refractivity contribution in [2.45, 2.75) is 4.90 Å². The van der Waals surface area contributed by atoms with E-state index in [0.29, 0.717) is 0 Å². The molecule has 0 aromatic heterocycles. The lowest BCUT2D eigenvalue weighted by molar-refractivity contribution is 0.602. The summed E-state index contributed by atoms with van der Waals surface area (Å²) in [6.45, 7) is 0. The number of sulfone groups is 1. The van der Waals surface area contributed by atoms with Gasteiger partial charge in [0.2, 0.25) is 0 Å². The summed E-state index contributed by atoms with van der Waals surface area (Å²) in [5.41, 5.74) is 3.14.